The van der Waals surface area contributed by atoms with Crippen molar-refractivity contribution in [3.8, 4) is 0 Å². The highest BCUT2D eigenvalue weighted by atomic mass is 79.9. The van der Waals surface area contributed by atoms with Gasteiger partial charge in [0.15, 0.2) is 0 Å². The van der Waals surface area contributed by atoms with Gasteiger partial charge in [-0.3, -0.25) is 14.4 Å². The Morgan fingerprint density at radius 3 is 2.53 bits per heavy atom. The lowest BCUT2D eigenvalue weighted by Crippen LogP contribution is -2.46. The molecule has 2 aliphatic heterocycles. The number of halogens is 1. The number of hydrogen-bond acceptors (Lipinski definition) is 4. The van der Waals surface area contributed by atoms with E-state index in [0.717, 1.165) is 10.2 Å². The zero-order chi connectivity index (χ0) is 21.1. The zero-order valence-electron chi connectivity index (χ0n) is 16.6. The first kappa shape index (κ1) is 20.7. The van der Waals surface area contributed by atoms with Gasteiger partial charge < -0.3 is 19.5 Å². The van der Waals surface area contributed by atoms with Crippen molar-refractivity contribution in [3.05, 3.63) is 52.9 Å². The smallest absolute Gasteiger partial charge is 0.239 e. The lowest BCUT2D eigenvalue weighted by Gasteiger charge is -2.32. The lowest BCUT2D eigenvalue weighted by atomic mass is 9.94. The Hall–Kier alpha value is -2.61. The molecule has 0 spiro atoms. The van der Waals surface area contributed by atoms with Gasteiger partial charge >= 0.3 is 0 Å². The highest BCUT2D eigenvalue weighted by Crippen LogP contribution is 2.32. The molecule has 1 atom stereocenters. The molecule has 2 aromatic rings. The maximum atomic E-state index is 13.0. The fourth-order valence-corrected chi connectivity index (χ4v) is 4.63. The summed E-state index contributed by atoms with van der Waals surface area (Å²) in [5.41, 5.74) is 0.796. The number of likely N-dealkylation sites (tertiary alicyclic amines) is 1. The number of carbonyl (C=O) groups is 3. The van der Waals surface area contributed by atoms with Gasteiger partial charge in [-0.15, -0.1) is 0 Å². The summed E-state index contributed by atoms with van der Waals surface area (Å²) in [7, 11) is 0. The molecule has 0 bridgehead atoms. The molecule has 30 heavy (non-hydrogen) atoms. The average molecular weight is 474 g/mol. The van der Waals surface area contributed by atoms with Gasteiger partial charge in [0.2, 0.25) is 17.7 Å². The predicted octanol–water partition coefficient (Wildman–Crippen LogP) is 2.95. The number of anilines is 1. The molecule has 158 valence electrons. The summed E-state index contributed by atoms with van der Waals surface area (Å²) < 4.78 is 6.07. The van der Waals surface area contributed by atoms with Crippen molar-refractivity contribution >= 4 is 39.3 Å². The van der Waals surface area contributed by atoms with Crippen molar-refractivity contribution in [1.29, 1.82) is 0 Å². The third-order valence-electron chi connectivity index (χ3n) is 5.84. The van der Waals surface area contributed by atoms with Crippen LogP contribution in [0, 0.1) is 11.8 Å². The Morgan fingerprint density at radius 2 is 1.83 bits per heavy atom. The van der Waals surface area contributed by atoms with Gasteiger partial charge in [-0.1, -0.05) is 12.1 Å². The fourth-order valence-electron chi connectivity index (χ4n) is 4.13. The van der Waals surface area contributed by atoms with E-state index in [1.165, 1.54) is 0 Å². The van der Waals surface area contributed by atoms with Gasteiger partial charge in [0.25, 0.3) is 0 Å². The Bertz CT molecular complexity index is 922. The summed E-state index contributed by atoms with van der Waals surface area (Å²) in [4.78, 5) is 41.7. The molecule has 2 fully saturated rings. The van der Waals surface area contributed by atoms with Crippen LogP contribution in [0.25, 0.3) is 0 Å². The van der Waals surface area contributed by atoms with Crippen molar-refractivity contribution in [2.75, 3.05) is 24.5 Å². The van der Waals surface area contributed by atoms with Crippen LogP contribution in [0.3, 0.4) is 0 Å². The van der Waals surface area contributed by atoms with Crippen molar-refractivity contribution in [2.45, 2.75) is 25.8 Å². The highest BCUT2D eigenvalue weighted by molar-refractivity contribution is 9.10. The predicted molar refractivity (Wildman–Crippen MR) is 114 cm³/mol. The van der Waals surface area contributed by atoms with Crippen LogP contribution in [0.15, 0.2) is 51.6 Å². The van der Waals surface area contributed by atoms with Crippen LogP contribution in [-0.4, -0.2) is 42.3 Å². The Kier molecular flexibility index (Phi) is 6.22. The number of hydrogen-bond donors (Lipinski definition) is 1. The first-order valence-corrected chi connectivity index (χ1v) is 11.0. The van der Waals surface area contributed by atoms with Gasteiger partial charge in [-0.2, -0.15) is 0 Å². The molecular weight excluding hydrogens is 450 g/mol. The molecule has 1 N–H and O–H groups in total. The molecule has 1 aromatic carbocycles. The summed E-state index contributed by atoms with van der Waals surface area (Å²) in [5.74, 6) is -0.337. The molecule has 2 aliphatic rings. The summed E-state index contributed by atoms with van der Waals surface area (Å²) in [6, 6.07) is 11.1. The number of nitrogens with one attached hydrogen (secondary N) is 1. The number of rotatable bonds is 5. The molecule has 3 amide bonds. The van der Waals surface area contributed by atoms with Crippen LogP contribution in [0.1, 0.15) is 25.0 Å². The Morgan fingerprint density at radius 1 is 1.07 bits per heavy atom. The van der Waals surface area contributed by atoms with Crippen molar-refractivity contribution < 1.29 is 18.8 Å². The number of amides is 3. The van der Waals surface area contributed by atoms with Crippen LogP contribution in [0.2, 0.25) is 0 Å². The second-order valence-corrected chi connectivity index (χ2v) is 8.53. The van der Waals surface area contributed by atoms with Crippen molar-refractivity contribution in [2.24, 2.45) is 11.8 Å². The molecule has 0 aliphatic carbocycles. The van der Waals surface area contributed by atoms with Crippen LogP contribution in [0.4, 0.5) is 5.69 Å². The molecule has 7 nitrogen and oxygen atoms in total. The van der Waals surface area contributed by atoms with E-state index in [0.29, 0.717) is 51.2 Å². The molecule has 8 heteroatoms. The van der Waals surface area contributed by atoms with Crippen LogP contribution in [0.5, 0.6) is 0 Å². The van der Waals surface area contributed by atoms with Crippen LogP contribution >= 0.6 is 15.9 Å². The minimum atomic E-state index is -0.638. The van der Waals surface area contributed by atoms with Crippen LogP contribution in [-0.2, 0) is 20.9 Å². The SMILES string of the molecule is O=C(NCc1ccco1)C1CCN(C(=O)C2CCN(c3ccccc3Br)C2=O)CC1. The molecule has 1 aromatic heterocycles. The monoisotopic (exact) mass is 473 g/mol. The molecule has 4 rings (SSSR count). The van der Waals surface area contributed by atoms with E-state index in [1.807, 2.05) is 30.3 Å². The van der Waals surface area contributed by atoms with Gasteiger partial charge in [-0.05, 0) is 59.5 Å². The Labute approximate surface area is 183 Å². The number of para-hydroxylation sites is 1. The number of furan rings is 1. The number of carbonyl (C=O) groups excluding carboxylic acids is 3. The molecule has 3 heterocycles. The van der Waals surface area contributed by atoms with E-state index in [-0.39, 0.29) is 23.6 Å². The number of nitrogens with zero attached hydrogens (tertiary/aromatic N) is 2. The van der Waals surface area contributed by atoms with Gasteiger partial charge in [0, 0.05) is 30.0 Å². The quantitative estimate of drug-likeness (QED) is 0.676. The lowest BCUT2D eigenvalue weighted by molar-refractivity contribution is -0.142. The van der Waals surface area contributed by atoms with Gasteiger partial charge in [0.05, 0.1) is 18.5 Å². The standard InChI is InChI=1S/C22H24BrN3O4/c23-18-5-1-2-6-19(18)26-12-9-17(22(26)29)21(28)25-10-7-15(8-11-25)20(27)24-14-16-4-3-13-30-16/h1-6,13,15,17H,7-12,14H2,(H,24,27). The maximum Gasteiger partial charge on any atom is 0.239 e. The molecule has 0 radical (unpaired) electrons. The summed E-state index contributed by atoms with van der Waals surface area (Å²) in [5, 5.41) is 2.89. The zero-order valence-corrected chi connectivity index (χ0v) is 18.1. The van der Waals surface area contributed by atoms with E-state index in [1.54, 1.807) is 22.1 Å². The first-order valence-electron chi connectivity index (χ1n) is 10.2. The van der Waals surface area contributed by atoms with Gasteiger partial charge in [-0.25, -0.2) is 0 Å². The second kappa shape index (κ2) is 9.04. The fraction of sp³-hybridized carbons (Fsp3) is 0.409. The van der Waals surface area contributed by atoms with E-state index in [4.69, 9.17) is 4.42 Å². The van der Waals surface area contributed by atoms with E-state index in [9.17, 15) is 14.4 Å². The number of piperidine rings is 1. The van der Waals surface area contributed by atoms with Crippen molar-refractivity contribution in [1.82, 2.24) is 10.2 Å². The van der Waals surface area contributed by atoms with Gasteiger partial charge in [0.1, 0.15) is 11.7 Å². The second-order valence-electron chi connectivity index (χ2n) is 7.68. The molecular formula is C22H24BrN3O4. The number of benzene rings is 1. The third kappa shape index (κ3) is 4.28. The van der Waals surface area contributed by atoms with E-state index >= 15 is 0 Å². The van der Waals surface area contributed by atoms with E-state index in [2.05, 4.69) is 21.2 Å². The largest absolute Gasteiger partial charge is 0.467 e. The topological polar surface area (TPSA) is 82.9 Å². The maximum absolute atomic E-state index is 13.0. The minimum absolute atomic E-state index is 0.0180. The summed E-state index contributed by atoms with van der Waals surface area (Å²) >= 11 is 3.48. The summed E-state index contributed by atoms with van der Waals surface area (Å²) in [6.45, 7) is 1.89. The van der Waals surface area contributed by atoms with E-state index < -0.39 is 5.92 Å². The summed E-state index contributed by atoms with van der Waals surface area (Å²) in [6.07, 6.45) is 3.30. The van der Waals surface area contributed by atoms with Crippen LogP contribution < -0.4 is 10.2 Å². The Balaban J connectivity index is 1.29. The average Bonchev–Trinajstić information content (AvgIpc) is 3.42. The molecule has 2 saturated heterocycles. The molecule has 0 saturated carbocycles. The normalized spacial score (nSPS) is 19.9. The highest BCUT2D eigenvalue weighted by Gasteiger charge is 2.41. The third-order valence-corrected chi connectivity index (χ3v) is 6.51. The molecule has 1 unspecified atom stereocenters. The first-order chi connectivity index (χ1) is 14.5. The minimum Gasteiger partial charge on any atom is -0.467 e. The van der Waals surface area contributed by atoms with Crippen molar-refractivity contribution in [3.63, 3.8) is 0 Å².